The first-order valence-electron chi connectivity index (χ1n) is 10.2. The standard InChI is InChI=1S/C26H30O8/c1-12(2)22(27)31-20-18(11)16(9)17(10)19(21(20)32-23(28)13(3)4)26(33-24(29)14(5)6)34-25(30)15(7)8/h26H,1,3,5,7H2,2,4,6,8-11H3. The highest BCUT2D eigenvalue weighted by atomic mass is 16.7. The van der Waals surface area contributed by atoms with Crippen molar-refractivity contribution < 1.29 is 38.1 Å². The van der Waals surface area contributed by atoms with Gasteiger partial charge in [-0.3, -0.25) is 0 Å². The third kappa shape index (κ3) is 6.54. The molecule has 34 heavy (non-hydrogen) atoms. The molecule has 0 saturated carbocycles. The summed E-state index contributed by atoms with van der Waals surface area (Å²) in [5.74, 6) is -3.74. The normalized spacial score (nSPS) is 10.2. The SMILES string of the molecule is C=C(C)C(=O)Oc1c(C)c(C)c(C)c(C(OC(=O)C(=C)C)OC(=O)C(=C)C)c1OC(=O)C(=C)C. The molecule has 0 bridgehead atoms. The Labute approximate surface area is 199 Å². The first-order chi connectivity index (χ1) is 15.6. The van der Waals surface area contributed by atoms with Crippen molar-refractivity contribution in [1.29, 1.82) is 0 Å². The zero-order valence-electron chi connectivity index (χ0n) is 20.7. The maximum absolute atomic E-state index is 12.5. The van der Waals surface area contributed by atoms with Crippen LogP contribution in [0.25, 0.3) is 0 Å². The number of benzene rings is 1. The molecule has 0 aliphatic heterocycles. The van der Waals surface area contributed by atoms with E-state index in [0.717, 1.165) is 0 Å². The Hall–Kier alpha value is -3.94. The van der Waals surface area contributed by atoms with Gasteiger partial charge >= 0.3 is 23.9 Å². The van der Waals surface area contributed by atoms with Crippen LogP contribution in [0.15, 0.2) is 48.6 Å². The van der Waals surface area contributed by atoms with Crippen LogP contribution in [0, 0.1) is 20.8 Å². The van der Waals surface area contributed by atoms with E-state index >= 15 is 0 Å². The largest absolute Gasteiger partial charge is 0.419 e. The molecule has 0 spiro atoms. The van der Waals surface area contributed by atoms with Crippen molar-refractivity contribution in [3.05, 3.63) is 70.9 Å². The summed E-state index contributed by atoms with van der Waals surface area (Å²) in [5.41, 5.74) is 1.75. The molecule has 0 heterocycles. The highest BCUT2D eigenvalue weighted by molar-refractivity contribution is 5.92. The molecule has 0 atom stereocenters. The molecule has 0 fully saturated rings. The van der Waals surface area contributed by atoms with Crippen LogP contribution in [0.2, 0.25) is 0 Å². The Morgan fingerprint density at radius 3 is 1.26 bits per heavy atom. The number of ether oxygens (including phenoxy) is 4. The lowest BCUT2D eigenvalue weighted by Crippen LogP contribution is -2.23. The van der Waals surface area contributed by atoms with Crippen molar-refractivity contribution >= 4 is 23.9 Å². The molecule has 8 heteroatoms. The van der Waals surface area contributed by atoms with Gasteiger partial charge in [-0.25, -0.2) is 19.2 Å². The van der Waals surface area contributed by atoms with Gasteiger partial charge in [0, 0.05) is 22.3 Å². The molecule has 0 radical (unpaired) electrons. The molecule has 182 valence electrons. The van der Waals surface area contributed by atoms with Gasteiger partial charge in [0.05, 0.1) is 5.56 Å². The van der Waals surface area contributed by atoms with E-state index in [2.05, 4.69) is 26.3 Å². The number of esters is 4. The summed E-state index contributed by atoms with van der Waals surface area (Å²) < 4.78 is 21.8. The smallest absolute Gasteiger partial charge is 0.338 e. The van der Waals surface area contributed by atoms with E-state index in [0.29, 0.717) is 16.7 Å². The van der Waals surface area contributed by atoms with E-state index in [-0.39, 0.29) is 39.4 Å². The molecule has 1 rings (SSSR count). The number of rotatable bonds is 9. The second-order valence-electron chi connectivity index (χ2n) is 7.99. The Morgan fingerprint density at radius 1 is 0.559 bits per heavy atom. The number of carbonyl (C=O) groups is 4. The predicted octanol–water partition coefficient (Wildman–Crippen LogP) is 4.81. The molecule has 0 aliphatic carbocycles. The maximum Gasteiger partial charge on any atom is 0.338 e. The minimum Gasteiger partial charge on any atom is -0.419 e. The van der Waals surface area contributed by atoms with E-state index in [1.165, 1.54) is 27.7 Å². The summed E-state index contributed by atoms with van der Waals surface area (Å²) in [6.07, 6.45) is -1.68. The molecule has 0 saturated heterocycles. The van der Waals surface area contributed by atoms with E-state index in [4.69, 9.17) is 18.9 Å². The minimum atomic E-state index is -1.68. The Bertz CT molecular complexity index is 1090. The summed E-state index contributed by atoms with van der Waals surface area (Å²) in [4.78, 5) is 49.6. The summed E-state index contributed by atoms with van der Waals surface area (Å²) in [6.45, 7) is 24.9. The maximum atomic E-state index is 12.5. The second-order valence-corrected chi connectivity index (χ2v) is 7.99. The van der Waals surface area contributed by atoms with Crippen LogP contribution in [-0.2, 0) is 28.7 Å². The van der Waals surface area contributed by atoms with Crippen molar-refractivity contribution in [3.63, 3.8) is 0 Å². The van der Waals surface area contributed by atoms with Gasteiger partial charge in [-0.2, -0.15) is 0 Å². The molecular formula is C26H30O8. The van der Waals surface area contributed by atoms with Crippen LogP contribution in [-0.4, -0.2) is 23.9 Å². The topological polar surface area (TPSA) is 105 Å². The molecule has 0 amide bonds. The lowest BCUT2D eigenvalue weighted by Gasteiger charge is -2.26. The quantitative estimate of drug-likeness (QED) is 0.219. The average Bonchev–Trinajstić information content (AvgIpc) is 2.73. The van der Waals surface area contributed by atoms with Gasteiger partial charge in [-0.15, -0.1) is 0 Å². The highest BCUT2D eigenvalue weighted by Gasteiger charge is 2.34. The third-order valence-corrected chi connectivity index (χ3v) is 4.77. The van der Waals surface area contributed by atoms with Gasteiger partial charge in [-0.1, -0.05) is 26.3 Å². The average molecular weight is 471 g/mol. The fourth-order valence-corrected chi connectivity index (χ4v) is 2.52. The van der Waals surface area contributed by atoms with Crippen LogP contribution < -0.4 is 9.47 Å². The molecule has 1 aromatic rings. The van der Waals surface area contributed by atoms with Crippen LogP contribution in [0.5, 0.6) is 11.5 Å². The van der Waals surface area contributed by atoms with E-state index < -0.39 is 30.2 Å². The molecular weight excluding hydrogens is 440 g/mol. The zero-order chi connectivity index (χ0) is 26.5. The fraction of sp³-hybridized carbons (Fsp3) is 0.308. The fourth-order valence-electron chi connectivity index (χ4n) is 2.52. The van der Waals surface area contributed by atoms with Gasteiger partial charge in [0.15, 0.2) is 11.5 Å². The third-order valence-electron chi connectivity index (χ3n) is 4.77. The summed E-state index contributed by atoms with van der Waals surface area (Å²) in [5, 5.41) is 0. The summed E-state index contributed by atoms with van der Waals surface area (Å²) in [7, 11) is 0. The van der Waals surface area contributed by atoms with Gasteiger partial charge in [0.25, 0.3) is 6.29 Å². The molecule has 0 N–H and O–H groups in total. The van der Waals surface area contributed by atoms with Crippen molar-refractivity contribution in [1.82, 2.24) is 0 Å². The Morgan fingerprint density at radius 2 is 0.912 bits per heavy atom. The lowest BCUT2D eigenvalue weighted by atomic mass is 9.95. The molecule has 0 unspecified atom stereocenters. The lowest BCUT2D eigenvalue weighted by molar-refractivity contribution is -0.184. The van der Waals surface area contributed by atoms with Crippen LogP contribution >= 0.6 is 0 Å². The first kappa shape index (κ1) is 28.1. The van der Waals surface area contributed by atoms with Gasteiger partial charge in [-0.05, 0) is 65.2 Å². The van der Waals surface area contributed by atoms with Gasteiger partial charge < -0.3 is 18.9 Å². The summed E-state index contributed by atoms with van der Waals surface area (Å²) >= 11 is 0. The van der Waals surface area contributed by atoms with E-state index in [9.17, 15) is 19.2 Å². The van der Waals surface area contributed by atoms with Crippen LogP contribution in [0.4, 0.5) is 0 Å². The molecule has 0 aromatic heterocycles. The summed E-state index contributed by atoms with van der Waals surface area (Å²) in [6, 6.07) is 0. The zero-order valence-corrected chi connectivity index (χ0v) is 20.7. The number of carbonyl (C=O) groups excluding carboxylic acids is 4. The molecule has 8 nitrogen and oxygen atoms in total. The Balaban J connectivity index is 4.01. The number of hydrogen-bond acceptors (Lipinski definition) is 8. The minimum absolute atomic E-state index is 0.00795. The predicted molar refractivity (Wildman–Crippen MR) is 126 cm³/mol. The highest BCUT2D eigenvalue weighted by Crippen LogP contribution is 2.45. The molecule has 0 aliphatic rings. The monoisotopic (exact) mass is 470 g/mol. The first-order valence-corrected chi connectivity index (χ1v) is 10.2. The van der Waals surface area contributed by atoms with Crippen molar-refractivity contribution in [2.45, 2.75) is 54.8 Å². The van der Waals surface area contributed by atoms with Crippen molar-refractivity contribution in [2.24, 2.45) is 0 Å². The molecule has 1 aromatic carbocycles. The van der Waals surface area contributed by atoms with Gasteiger partial charge in [0.2, 0.25) is 0 Å². The van der Waals surface area contributed by atoms with E-state index in [1.54, 1.807) is 20.8 Å². The number of hydrogen-bond donors (Lipinski definition) is 0. The van der Waals surface area contributed by atoms with Crippen LogP contribution in [0.3, 0.4) is 0 Å². The van der Waals surface area contributed by atoms with Crippen LogP contribution in [0.1, 0.15) is 56.2 Å². The van der Waals surface area contributed by atoms with E-state index in [1.807, 2.05) is 0 Å². The Kier molecular flexibility index (Phi) is 9.31. The van der Waals surface area contributed by atoms with Crippen molar-refractivity contribution in [3.8, 4) is 11.5 Å². The van der Waals surface area contributed by atoms with Crippen molar-refractivity contribution in [2.75, 3.05) is 0 Å². The second kappa shape index (κ2) is 11.3. The van der Waals surface area contributed by atoms with Gasteiger partial charge in [0.1, 0.15) is 0 Å².